The molecule has 2 bridgehead atoms. The molecular weight excluding hydrogens is 376 g/mol. The molecule has 1 N–H and O–H groups in total. The van der Waals surface area contributed by atoms with Crippen molar-refractivity contribution in [2.45, 2.75) is 30.3 Å². The van der Waals surface area contributed by atoms with Gasteiger partial charge in [0.15, 0.2) is 0 Å². The molecule has 1 saturated heterocycles. The number of quaternary nitrogens is 1. The third-order valence-corrected chi connectivity index (χ3v) is 7.22. The highest BCUT2D eigenvalue weighted by molar-refractivity contribution is 7.98. The van der Waals surface area contributed by atoms with Gasteiger partial charge in [0.25, 0.3) is 5.56 Å². The van der Waals surface area contributed by atoms with Gasteiger partial charge in [0, 0.05) is 46.2 Å². The number of likely N-dealkylation sites (tertiary alicyclic amines) is 1. The van der Waals surface area contributed by atoms with Crippen LogP contribution in [0.5, 0.6) is 0 Å². The van der Waals surface area contributed by atoms with Crippen LogP contribution in [-0.4, -0.2) is 23.9 Å². The van der Waals surface area contributed by atoms with Crippen LogP contribution in [0, 0.1) is 5.92 Å². The quantitative estimate of drug-likeness (QED) is 0.676. The molecule has 0 amide bonds. The fourth-order valence-corrected chi connectivity index (χ4v) is 5.69. The molecule has 5 rings (SSSR count). The topological polar surface area (TPSA) is 26.4 Å². The predicted octanol–water partition coefficient (Wildman–Crippen LogP) is 3.44. The van der Waals surface area contributed by atoms with Gasteiger partial charge in [0.2, 0.25) is 0 Å². The minimum atomic E-state index is 0.158. The van der Waals surface area contributed by atoms with Gasteiger partial charge in [-0.25, -0.2) is 0 Å². The first-order chi connectivity index (χ1) is 14.2. The first-order valence-corrected chi connectivity index (χ1v) is 11.7. The van der Waals surface area contributed by atoms with Crippen LogP contribution in [0.25, 0.3) is 11.1 Å². The van der Waals surface area contributed by atoms with Crippen molar-refractivity contribution < 1.29 is 4.90 Å². The Balaban J connectivity index is 1.50. The first-order valence-electron chi connectivity index (χ1n) is 10.5. The number of pyridine rings is 1. The summed E-state index contributed by atoms with van der Waals surface area (Å²) in [4.78, 5) is 15.6. The Morgan fingerprint density at radius 2 is 1.79 bits per heavy atom. The molecule has 4 heteroatoms. The average Bonchev–Trinajstić information content (AvgIpc) is 2.75. The van der Waals surface area contributed by atoms with Crippen molar-refractivity contribution in [3.8, 4) is 11.1 Å². The van der Waals surface area contributed by atoms with Gasteiger partial charge >= 0.3 is 0 Å². The molecule has 0 spiro atoms. The second-order valence-corrected chi connectivity index (χ2v) is 9.31. The van der Waals surface area contributed by atoms with E-state index in [-0.39, 0.29) is 5.56 Å². The number of rotatable bonds is 4. The molecule has 3 aromatic rings. The zero-order chi connectivity index (χ0) is 19.8. The van der Waals surface area contributed by atoms with Gasteiger partial charge in [-0.05, 0) is 36.4 Å². The Morgan fingerprint density at radius 1 is 1.00 bits per heavy atom. The van der Waals surface area contributed by atoms with Crippen molar-refractivity contribution in [3.05, 3.63) is 88.3 Å². The van der Waals surface area contributed by atoms with E-state index in [4.69, 9.17) is 0 Å². The predicted molar refractivity (Wildman–Crippen MR) is 120 cm³/mol. The largest absolute Gasteiger partial charge is 0.330 e. The molecule has 0 radical (unpaired) electrons. The molecule has 0 saturated carbocycles. The Labute approximate surface area is 176 Å². The normalized spacial score (nSPS) is 22.9. The van der Waals surface area contributed by atoms with E-state index in [1.807, 2.05) is 6.07 Å². The SMILES string of the molecule is CSc1ccc(-c2ccc(=O)n3c2[C@@H]2C[C@H](C3)C[NH+](Cc3ccccc3)C2)cc1. The van der Waals surface area contributed by atoms with Crippen molar-refractivity contribution in [2.24, 2.45) is 5.92 Å². The standard InChI is InChI=1S/C25H26N2OS/c1-29-22-9-7-20(8-10-22)23-11-12-24(28)27-16-19-13-21(25(23)27)17-26(15-19)14-18-5-3-2-4-6-18/h2-12,19,21H,13-17H2,1H3/p+1/t19-,21+/m0/s1. The lowest BCUT2D eigenvalue weighted by Gasteiger charge is -2.41. The second kappa shape index (κ2) is 7.85. The fraction of sp³-hybridized carbons (Fsp3) is 0.320. The van der Waals surface area contributed by atoms with E-state index in [0.29, 0.717) is 11.8 Å². The first kappa shape index (κ1) is 18.7. The van der Waals surface area contributed by atoms with Crippen LogP contribution in [0.3, 0.4) is 0 Å². The van der Waals surface area contributed by atoms with E-state index in [0.717, 1.165) is 26.2 Å². The summed E-state index contributed by atoms with van der Waals surface area (Å²) in [5, 5.41) is 0. The average molecular weight is 404 g/mol. The summed E-state index contributed by atoms with van der Waals surface area (Å²) in [6.45, 7) is 4.19. The van der Waals surface area contributed by atoms with Gasteiger partial charge in [-0.1, -0.05) is 42.5 Å². The molecule has 1 unspecified atom stereocenters. The number of benzene rings is 2. The van der Waals surface area contributed by atoms with Crippen molar-refractivity contribution in [2.75, 3.05) is 19.3 Å². The summed E-state index contributed by atoms with van der Waals surface area (Å²) in [7, 11) is 0. The molecular formula is C25H27N2OS+. The van der Waals surface area contributed by atoms with E-state index >= 15 is 0 Å². The lowest BCUT2D eigenvalue weighted by molar-refractivity contribution is -0.924. The lowest BCUT2D eigenvalue weighted by atomic mass is 9.80. The van der Waals surface area contributed by atoms with Crippen molar-refractivity contribution in [1.82, 2.24) is 4.57 Å². The summed E-state index contributed by atoms with van der Waals surface area (Å²) in [6.07, 6.45) is 3.31. The number of piperidine rings is 1. The number of aromatic nitrogens is 1. The zero-order valence-corrected chi connectivity index (χ0v) is 17.6. The number of thioether (sulfide) groups is 1. The van der Waals surface area contributed by atoms with E-state index in [2.05, 4.69) is 65.4 Å². The molecule has 2 aliphatic rings. The monoisotopic (exact) mass is 403 g/mol. The van der Waals surface area contributed by atoms with Crippen molar-refractivity contribution in [3.63, 3.8) is 0 Å². The minimum absolute atomic E-state index is 0.158. The van der Waals surface area contributed by atoms with Gasteiger partial charge in [-0.3, -0.25) is 4.79 Å². The molecule has 0 aliphatic carbocycles. The Kier molecular flexibility index (Phi) is 5.06. The van der Waals surface area contributed by atoms with Crippen LogP contribution in [0.15, 0.2) is 76.4 Å². The number of fused-ring (bicyclic) bond motifs is 4. The maximum absolute atomic E-state index is 12.7. The molecule has 2 aliphatic heterocycles. The van der Waals surface area contributed by atoms with Crippen LogP contribution < -0.4 is 10.5 Å². The third kappa shape index (κ3) is 3.67. The molecule has 29 heavy (non-hydrogen) atoms. The number of hydrogen-bond acceptors (Lipinski definition) is 2. The fourth-order valence-electron chi connectivity index (χ4n) is 5.28. The molecule has 148 valence electrons. The van der Waals surface area contributed by atoms with Crippen LogP contribution in [0.1, 0.15) is 23.6 Å². The molecule has 1 fully saturated rings. The summed E-state index contributed by atoms with van der Waals surface area (Å²) < 4.78 is 2.08. The van der Waals surface area contributed by atoms with Gasteiger partial charge < -0.3 is 9.47 Å². The molecule has 1 aromatic heterocycles. The second-order valence-electron chi connectivity index (χ2n) is 8.43. The molecule has 3 atom stereocenters. The number of hydrogen-bond donors (Lipinski definition) is 1. The van der Waals surface area contributed by atoms with Crippen LogP contribution in [-0.2, 0) is 13.1 Å². The van der Waals surface area contributed by atoms with Gasteiger partial charge in [-0.15, -0.1) is 11.8 Å². The molecule has 3 nitrogen and oxygen atoms in total. The maximum Gasteiger partial charge on any atom is 0.250 e. The smallest absolute Gasteiger partial charge is 0.250 e. The Hall–Kier alpha value is -2.30. The van der Waals surface area contributed by atoms with Crippen molar-refractivity contribution >= 4 is 11.8 Å². The number of nitrogens with zero attached hydrogens (tertiary/aromatic N) is 1. The van der Waals surface area contributed by atoms with Crippen LogP contribution in [0.2, 0.25) is 0 Å². The summed E-state index contributed by atoms with van der Waals surface area (Å²) in [6, 6.07) is 23.4. The van der Waals surface area contributed by atoms with Crippen LogP contribution in [0.4, 0.5) is 0 Å². The number of nitrogens with one attached hydrogen (secondary N) is 1. The molecule has 2 aromatic carbocycles. The minimum Gasteiger partial charge on any atom is -0.330 e. The van der Waals surface area contributed by atoms with E-state index in [9.17, 15) is 4.79 Å². The highest BCUT2D eigenvalue weighted by Crippen LogP contribution is 2.37. The Bertz CT molecular complexity index is 1060. The van der Waals surface area contributed by atoms with Crippen molar-refractivity contribution in [1.29, 1.82) is 0 Å². The van der Waals surface area contributed by atoms with Gasteiger partial charge in [-0.2, -0.15) is 0 Å². The Morgan fingerprint density at radius 3 is 2.55 bits per heavy atom. The summed E-state index contributed by atoms with van der Waals surface area (Å²) in [5.74, 6) is 1.04. The van der Waals surface area contributed by atoms with E-state index in [1.165, 1.54) is 33.7 Å². The highest BCUT2D eigenvalue weighted by atomic mass is 32.2. The molecule has 3 heterocycles. The van der Waals surface area contributed by atoms with Crippen LogP contribution >= 0.6 is 11.8 Å². The zero-order valence-electron chi connectivity index (χ0n) is 16.8. The van der Waals surface area contributed by atoms with E-state index in [1.54, 1.807) is 22.7 Å². The maximum atomic E-state index is 12.7. The summed E-state index contributed by atoms with van der Waals surface area (Å²) >= 11 is 1.76. The van der Waals surface area contributed by atoms with Gasteiger partial charge in [0.05, 0.1) is 13.1 Å². The highest BCUT2D eigenvalue weighted by Gasteiger charge is 2.38. The van der Waals surface area contributed by atoms with E-state index < -0.39 is 0 Å². The van der Waals surface area contributed by atoms with Gasteiger partial charge in [0.1, 0.15) is 6.54 Å². The third-order valence-electron chi connectivity index (χ3n) is 6.48. The lowest BCUT2D eigenvalue weighted by Crippen LogP contribution is -3.13. The summed E-state index contributed by atoms with van der Waals surface area (Å²) in [5.41, 5.74) is 5.28.